The lowest BCUT2D eigenvalue weighted by Gasteiger charge is -2.19. The van der Waals surface area contributed by atoms with Gasteiger partial charge in [0.25, 0.3) is 0 Å². The molecular formula is C77H148O3. The second kappa shape index (κ2) is 66.8. The molecule has 0 radical (unpaired) electrons. The maximum absolute atomic E-state index is 6.66. The highest BCUT2D eigenvalue weighted by molar-refractivity contribution is 5.54. The van der Waals surface area contributed by atoms with Crippen molar-refractivity contribution in [2.45, 2.75) is 439 Å². The van der Waals surface area contributed by atoms with Crippen LogP contribution in [0.1, 0.15) is 438 Å². The van der Waals surface area contributed by atoms with E-state index in [2.05, 4.69) is 39.8 Å². The molecule has 0 amide bonds. The van der Waals surface area contributed by atoms with E-state index in [0.717, 1.165) is 62.8 Å². The van der Waals surface area contributed by atoms with Crippen LogP contribution in [0.2, 0.25) is 0 Å². The van der Waals surface area contributed by atoms with Gasteiger partial charge in [-0.25, -0.2) is 0 Å². The number of benzene rings is 1. The minimum Gasteiger partial charge on any atom is -0.490 e. The number of hydrogen-bond donors (Lipinski definition) is 0. The molecule has 0 saturated heterocycles. The lowest BCUT2D eigenvalue weighted by molar-refractivity contribution is 0.234. The Bertz CT molecular complexity index is 1220. The van der Waals surface area contributed by atoms with Crippen LogP contribution in [0.15, 0.2) is 12.1 Å². The summed E-state index contributed by atoms with van der Waals surface area (Å²) in [6.45, 7) is 11.5. The van der Waals surface area contributed by atoms with Gasteiger partial charge in [0, 0.05) is 0 Å². The number of aryl methyl sites for hydroxylation is 1. The van der Waals surface area contributed by atoms with Crippen molar-refractivity contribution in [2.24, 2.45) is 0 Å². The largest absolute Gasteiger partial charge is 0.490 e. The normalized spacial score (nSPS) is 11.6. The molecule has 0 aromatic heterocycles. The van der Waals surface area contributed by atoms with Gasteiger partial charge in [0.05, 0.1) is 19.8 Å². The molecule has 474 valence electrons. The van der Waals surface area contributed by atoms with Crippen molar-refractivity contribution in [3.8, 4) is 17.2 Å². The highest BCUT2D eigenvalue weighted by Gasteiger charge is 2.16. The summed E-state index contributed by atoms with van der Waals surface area (Å²) in [5.41, 5.74) is 1.29. The van der Waals surface area contributed by atoms with E-state index in [-0.39, 0.29) is 0 Å². The summed E-state index contributed by atoms with van der Waals surface area (Å²) >= 11 is 0. The first-order valence-corrected chi connectivity index (χ1v) is 37.8. The third-order valence-corrected chi connectivity index (χ3v) is 18.0. The van der Waals surface area contributed by atoms with Crippen molar-refractivity contribution in [3.63, 3.8) is 0 Å². The molecule has 3 heteroatoms. The van der Waals surface area contributed by atoms with Crippen molar-refractivity contribution < 1.29 is 14.2 Å². The Labute approximate surface area is 505 Å². The van der Waals surface area contributed by atoms with E-state index in [1.54, 1.807) is 0 Å². The van der Waals surface area contributed by atoms with Crippen LogP contribution in [0.3, 0.4) is 0 Å². The first-order chi connectivity index (χ1) is 39.8. The van der Waals surface area contributed by atoms with E-state index >= 15 is 0 Å². The molecule has 0 spiro atoms. The molecule has 0 saturated carbocycles. The van der Waals surface area contributed by atoms with E-state index in [1.807, 2.05) is 0 Å². The van der Waals surface area contributed by atoms with Gasteiger partial charge >= 0.3 is 0 Å². The fourth-order valence-corrected chi connectivity index (χ4v) is 12.3. The first-order valence-electron chi connectivity index (χ1n) is 37.8. The van der Waals surface area contributed by atoms with E-state index in [4.69, 9.17) is 14.2 Å². The summed E-state index contributed by atoms with van der Waals surface area (Å²) < 4.78 is 19.9. The zero-order chi connectivity index (χ0) is 57.2. The molecule has 0 atom stereocenters. The zero-order valence-corrected chi connectivity index (χ0v) is 55.8. The summed E-state index contributed by atoms with van der Waals surface area (Å²) in [7, 11) is 0. The lowest BCUT2D eigenvalue weighted by Crippen LogP contribution is -2.07. The number of unbranched alkanes of at least 4 members (excludes halogenated alkanes) is 60. The number of ether oxygens (including phenoxy) is 3. The van der Waals surface area contributed by atoms with Crippen LogP contribution in [0.5, 0.6) is 17.2 Å². The molecule has 80 heavy (non-hydrogen) atoms. The maximum Gasteiger partial charge on any atom is 0.203 e. The van der Waals surface area contributed by atoms with Gasteiger partial charge in [0.2, 0.25) is 5.75 Å². The van der Waals surface area contributed by atoms with Crippen LogP contribution in [0.25, 0.3) is 0 Å². The SMILES string of the molecule is CCCCCCCCCCCCCCCCCCCCCCCOc1cc(CC)cc(OCCCCCCCCCCCCCCCCCCCCCCC)c1OCCCCCCCCCCCCCCCCCCCCCCC. The predicted octanol–water partition coefficient (Wildman–Crippen LogP) is 28.0. The number of rotatable bonds is 70. The van der Waals surface area contributed by atoms with E-state index in [0.29, 0.717) is 0 Å². The van der Waals surface area contributed by atoms with Crippen molar-refractivity contribution in [1.29, 1.82) is 0 Å². The zero-order valence-electron chi connectivity index (χ0n) is 55.8. The molecule has 3 nitrogen and oxygen atoms in total. The second-order valence-corrected chi connectivity index (χ2v) is 26.0. The van der Waals surface area contributed by atoms with Crippen LogP contribution in [0, 0.1) is 0 Å². The monoisotopic (exact) mass is 1120 g/mol. The minimum absolute atomic E-state index is 0.746. The molecule has 0 bridgehead atoms. The molecule has 0 N–H and O–H groups in total. The minimum atomic E-state index is 0.746. The van der Waals surface area contributed by atoms with Crippen LogP contribution < -0.4 is 14.2 Å². The van der Waals surface area contributed by atoms with Gasteiger partial charge < -0.3 is 14.2 Å². The van der Waals surface area contributed by atoms with Crippen LogP contribution in [-0.2, 0) is 6.42 Å². The Kier molecular flexibility index (Phi) is 63.9. The van der Waals surface area contributed by atoms with Crippen LogP contribution in [-0.4, -0.2) is 19.8 Å². The van der Waals surface area contributed by atoms with Gasteiger partial charge in [-0.05, 0) is 43.4 Å². The average molecular weight is 1120 g/mol. The van der Waals surface area contributed by atoms with Crippen molar-refractivity contribution in [1.82, 2.24) is 0 Å². The van der Waals surface area contributed by atoms with Crippen LogP contribution >= 0.6 is 0 Å². The summed E-state index contributed by atoms with van der Waals surface area (Å²) in [5, 5.41) is 0. The standard InChI is InChI=1S/C77H148O3/c1-5-9-12-15-18-21-24-27-30-33-36-39-42-45-48-51-54-57-60-63-66-69-78-75-72-74(8-4)73-76(79-70-67-64-61-58-55-52-49-46-43-40-37-34-31-28-25-22-19-16-13-10-6-2)77(75)80-71-68-65-62-59-56-53-50-47-44-41-38-35-32-29-26-23-20-17-14-11-7-3/h72-73H,5-71H2,1-4H3. The highest BCUT2D eigenvalue weighted by Crippen LogP contribution is 2.40. The molecule has 1 aromatic carbocycles. The smallest absolute Gasteiger partial charge is 0.203 e. The number of hydrogen-bond acceptors (Lipinski definition) is 3. The highest BCUT2D eigenvalue weighted by atomic mass is 16.5. The Morgan fingerprint density at radius 3 is 0.500 bits per heavy atom. The average Bonchev–Trinajstić information content (AvgIpc) is 3.49. The molecule has 0 aliphatic rings. The fourth-order valence-electron chi connectivity index (χ4n) is 12.3. The van der Waals surface area contributed by atoms with E-state index in [9.17, 15) is 0 Å². The summed E-state index contributed by atoms with van der Waals surface area (Å²) in [6.07, 6.45) is 89.9. The van der Waals surface area contributed by atoms with E-state index in [1.165, 1.54) is 391 Å². The molecule has 0 unspecified atom stereocenters. The molecule has 1 rings (SSSR count). The molecule has 1 aromatic rings. The Hall–Kier alpha value is -1.38. The van der Waals surface area contributed by atoms with Gasteiger partial charge in [0.1, 0.15) is 0 Å². The van der Waals surface area contributed by atoms with E-state index < -0.39 is 0 Å². The topological polar surface area (TPSA) is 27.7 Å². The molecule has 0 fully saturated rings. The lowest BCUT2D eigenvalue weighted by atomic mass is 10.0. The third-order valence-electron chi connectivity index (χ3n) is 18.0. The predicted molar refractivity (Wildman–Crippen MR) is 360 cm³/mol. The Morgan fingerprint density at radius 2 is 0.338 bits per heavy atom. The fraction of sp³-hybridized carbons (Fsp3) is 0.922. The second-order valence-electron chi connectivity index (χ2n) is 26.0. The van der Waals surface area contributed by atoms with Gasteiger partial charge in [-0.1, -0.05) is 413 Å². The van der Waals surface area contributed by atoms with Gasteiger partial charge in [-0.3, -0.25) is 0 Å². The molecule has 0 aliphatic heterocycles. The van der Waals surface area contributed by atoms with Crippen molar-refractivity contribution in [2.75, 3.05) is 19.8 Å². The molecular weight excluding hydrogens is 973 g/mol. The summed E-state index contributed by atoms with van der Waals surface area (Å²) in [5.74, 6) is 2.69. The third kappa shape index (κ3) is 55.8. The summed E-state index contributed by atoms with van der Waals surface area (Å²) in [4.78, 5) is 0. The van der Waals surface area contributed by atoms with Crippen molar-refractivity contribution in [3.05, 3.63) is 17.7 Å². The molecule has 0 heterocycles. The van der Waals surface area contributed by atoms with Gasteiger partial charge in [-0.15, -0.1) is 0 Å². The van der Waals surface area contributed by atoms with Crippen molar-refractivity contribution >= 4 is 0 Å². The van der Waals surface area contributed by atoms with Gasteiger partial charge in [-0.2, -0.15) is 0 Å². The summed E-state index contributed by atoms with van der Waals surface area (Å²) in [6, 6.07) is 4.49. The first kappa shape index (κ1) is 76.6. The van der Waals surface area contributed by atoms with Gasteiger partial charge in [0.15, 0.2) is 11.5 Å². The molecule has 0 aliphatic carbocycles. The quantitative estimate of drug-likeness (QED) is 0.0609. The Balaban J connectivity index is 2.34. The maximum atomic E-state index is 6.66. The Morgan fingerprint density at radius 1 is 0.188 bits per heavy atom. The van der Waals surface area contributed by atoms with Crippen LogP contribution in [0.4, 0.5) is 0 Å².